The number of rotatable bonds is 7. The Hall–Kier alpha value is -2.43. The fourth-order valence-corrected chi connectivity index (χ4v) is 3.98. The van der Waals surface area contributed by atoms with Gasteiger partial charge in [-0.15, -0.1) is 0 Å². The van der Waals surface area contributed by atoms with Crippen molar-refractivity contribution in [2.45, 2.75) is 19.4 Å². The molecule has 5 heteroatoms. The van der Waals surface area contributed by atoms with Gasteiger partial charge in [-0.2, -0.15) is 0 Å². The topological polar surface area (TPSA) is 45.1 Å². The van der Waals surface area contributed by atoms with Crippen LogP contribution < -0.4 is 5.32 Å². The maximum Gasteiger partial charge on any atom is 0.0921 e. The second kappa shape index (κ2) is 9.80. The molecule has 3 nitrogen and oxygen atoms in total. The van der Waals surface area contributed by atoms with E-state index >= 15 is 0 Å². The van der Waals surface area contributed by atoms with E-state index in [4.69, 9.17) is 28.2 Å². The molecule has 1 aromatic heterocycles. The van der Waals surface area contributed by atoms with Crippen molar-refractivity contribution in [2.24, 2.45) is 0 Å². The van der Waals surface area contributed by atoms with Crippen molar-refractivity contribution in [1.82, 2.24) is 10.3 Å². The van der Waals surface area contributed by atoms with Gasteiger partial charge in [0.2, 0.25) is 0 Å². The minimum absolute atomic E-state index is 0.452. The van der Waals surface area contributed by atoms with Gasteiger partial charge in [-0.25, -0.2) is 4.98 Å². The van der Waals surface area contributed by atoms with Gasteiger partial charge in [0.25, 0.3) is 0 Å². The number of halogens is 2. The number of nitrogens with zero attached hydrogens (tertiary/aromatic N) is 1. The van der Waals surface area contributed by atoms with Crippen LogP contribution in [0.1, 0.15) is 22.8 Å². The lowest BCUT2D eigenvalue weighted by Gasteiger charge is -2.17. The summed E-state index contributed by atoms with van der Waals surface area (Å²) in [6, 6.07) is 23.6. The summed E-state index contributed by atoms with van der Waals surface area (Å²) in [5, 5.41) is 16.7. The van der Waals surface area contributed by atoms with Crippen LogP contribution in [0.2, 0.25) is 10.0 Å². The molecule has 1 atom stereocenters. The number of aliphatic hydroxyl groups is 1. The number of aromatic nitrogens is 1. The van der Waals surface area contributed by atoms with Crippen molar-refractivity contribution in [3.63, 3.8) is 0 Å². The minimum Gasteiger partial charge on any atom is -0.387 e. The fraction of sp³-hybridized carbons (Fsp3) is 0.192. The average molecular weight is 451 g/mol. The predicted octanol–water partition coefficient (Wildman–Crippen LogP) is 6.38. The van der Waals surface area contributed by atoms with E-state index in [1.807, 2.05) is 67.6 Å². The van der Waals surface area contributed by atoms with Crippen LogP contribution in [0.5, 0.6) is 0 Å². The zero-order chi connectivity index (χ0) is 21.8. The first-order chi connectivity index (χ1) is 15.0. The first kappa shape index (κ1) is 21.8. The highest BCUT2D eigenvalue weighted by Crippen LogP contribution is 2.33. The molecule has 1 heterocycles. The summed E-state index contributed by atoms with van der Waals surface area (Å²) in [4.78, 5) is 4.86. The third-order valence-corrected chi connectivity index (χ3v) is 6.13. The fourth-order valence-electron chi connectivity index (χ4n) is 3.70. The summed E-state index contributed by atoms with van der Waals surface area (Å²) < 4.78 is 0. The first-order valence-corrected chi connectivity index (χ1v) is 11.1. The number of hydrogen-bond donors (Lipinski definition) is 2. The normalized spacial score (nSPS) is 12.3. The van der Waals surface area contributed by atoms with Gasteiger partial charge >= 0.3 is 0 Å². The third-order valence-electron chi connectivity index (χ3n) is 5.47. The van der Waals surface area contributed by atoms with E-state index in [1.54, 1.807) is 0 Å². The van der Waals surface area contributed by atoms with Crippen LogP contribution in [0.15, 0.2) is 72.8 Å². The van der Waals surface area contributed by atoms with Crippen LogP contribution in [-0.2, 0) is 6.42 Å². The van der Waals surface area contributed by atoms with Crippen molar-refractivity contribution in [1.29, 1.82) is 0 Å². The minimum atomic E-state index is -0.673. The van der Waals surface area contributed by atoms with Gasteiger partial charge in [-0.3, -0.25) is 0 Å². The maximum absolute atomic E-state index is 11.0. The quantitative estimate of drug-likeness (QED) is 0.321. The van der Waals surface area contributed by atoms with E-state index in [-0.39, 0.29) is 0 Å². The second-order valence-corrected chi connectivity index (χ2v) is 8.47. The van der Waals surface area contributed by atoms with E-state index in [0.717, 1.165) is 46.3 Å². The third kappa shape index (κ3) is 5.08. The Kier molecular flexibility index (Phi) is 6.89. The molecular weight excluding hydrogens is 427 g/mol. The van der Waals surface area contributed by atoms with Crippen LogP contribution in [0.4, 0.5) is 0 Å². The van der Waals surface area contributed by atoms with E-state index in [0.29, 0.717) is 16.6 Å². The van der Waals surface area contributed by atoms with Crippen LogP contribution in [0.3, 0.4) is 0 Å². The Morgan fingerprint density at radius 2 is 1.71 bits per heavy atom. The van der Waals surface area contributed by atoms with Crippen molar-refractivity contribution < 1.29 is 5.11 Å². The van der Waals surface area contributed by atoms with Gasteiger partial charge in [0, 0.05) is 27.5 Å². The van der Waals surface area contributed by atoms with Crippen molar-refractivity contribution in [3.05, 3.63) is 99.5 Å². The lowest BCUT2D eigenvalue weighted by atomic mass is 9.98. The molecule has 0 aliphatic rings. The van der Waals surface area contributed by atoms with Crippen molar-refractivity contribution in [3.8, 4) is 11.3 Å². The summed E-state index contributed by atoms with van der Waals surface area (Å²) in [5.74, 6) is 0. The Morgan fingerprint density at radius 3 is 2.45 bits per heavy atom. The number of nitrogens with one attached hydrogen (secondary N) is 1. The Balaban J connectivity index is 1.61. The van der Waals surface area contributed by atoms with Gasteiger partial charge in [0.1, 0.15) is 0 Å². The molecule has 0 amide bonds. The molecule has 0 aliphatic carbocycles. The van der Waals surface area contributed by atoms with Gasteiger partial charge < -0.3 is 10.4 Å². The summed E-state index contributed by atoms with van der Waals surface area (Å²) in [5.41, 5.74) is 5.54. The molecule has 0 saturated carbocycles. The number of aryl methyl sites for hydroxylation is 1. The lowest BCUT2D eigenvalue weighted by molar-refractivity contribution is 0.176. The van der Waals surface area contributed by atoms with Crippen LogP contribution in [0, 0.1) is 6.92 Å². The Bertz CT molecular complexity index is 1180. The van der Waals surface area contributed by atoms with Crippen LogP contribution in [-0.4, -0.2) is 23.2 Å². The average Bonchev–Trinajstić information content (AvgIpc) is 2.79. The van der Waals surface area contributed by atoms with Crippen LogP contribution in [0.25, 0.3) is 22.2 Å². The number of aliphatic hydroxyl groups excluding tert-OH is 1. The molecule has 3 aromatic carbocycles. The van der Waals surface area contributed by atoms with Crippen molar-refractivity contribution >= 4 is 34.1 Å². The molecule has 0 aliphatic heterocycles. The molecule has 1 unspecified atom stereocenters. The van der Waals surface area contributed by atoms with E-state index in [1.165, 1.54) is 5.56 Å². The Morgan fingerprint density at radius 1 is 0.968 bits per heavy atom. The molecular formula is C26H24Cl2N2O. The molecule has 158 valence electrons. The number of hydrogen-bond acceptors (Lipinski definition) is 3. The summed E-state index contributed by atoms with van der Waals surface area (Å²) >= 11 is 12.4. The molecule has 0 fully saturated rings. The van der Waals surface area contributed by atoms with Gasteiger partial charge in [0.15, 0.2) is 0 Å². The molecule has 0 saturated heterocycles. The predicted molar refractivity (Wildman–Crippen MR) is 130 cm³/mol. The molecule has 2 N–H and O–H groups in total. The van der Waals surface area contributed by atoms with Gasteiger partial charge in [0.05, 0.1) is 17.3 Å². The SMILES string of the molecule is Cc1c(Cl)ccc2c(C(O)CNCCc3ccccc3)cc(-c3ccc(Cl)cc3)nc12. The number of pyridine rings is 1. The highest BCUT2D eigenvalue weighted by atomic mass is 35.5. The van der Waals surface area contributed by atoms with Gasteiger partial charge in [-0.05, 0) is 60.8 Å². The monoisotopic (exact) mass is 450 g/mol. The van der Waals surface area contributed by atoms with E-state index < -0.39 is 6.10 Å². The number of benzene rings is 3. The summed E-state index contributed by atoms with van der Waals surface area (Å²) in [6.45, 7) is 3.20. The maximum atomic E-state index is 11.0. The van der Waals surface area contributed by atoms with E-state index in [9.17, 15) is 5.11 Å². The first-order valence-electron chi connectivity index (χ1n) is 10.3. The van der Waals surface area contributed by atoms with E-state index in [2.05, 4.69) is 17.4 Å². The molecule has 0 spiro atoms. The molecule has 0 bridgehead atoms. The molecule has 31 heavy (non-hydrogen) atoms. The molecule has 0 radical (unpaired) electrons. The zero-order valence-electron chi connectivity index (χ0n) is 17.3. The summed E-state index contributed by atoms with van der Waals surface area (Å²) in [6.07, 6.45) is 0.239. The Labute approximate surface area is 192 Å². The standard InChI is InChI=1S/C26H24Cl2N2O/c1-17-23(28)12-11-21-22(25(31)16-29-14-13-18-5-3-2-4-6-18)15-24(30-26(17)21)19-7-9-20(27)10-8-19/h2-12,15,25,29,31H,13-14,16H2,1H3. The van der Waals surface area contributed by atoms with Crippen LogP contribution >= 0.6 is 23.2 Å². The highest BCUT2D eigenvalue weighted by molar-refractivity contribution is 6.32. The van der Waals surface area contributed by atoms with Gasteiger partial charge in [-0.1, -0.05) is 71.7 Å². The highest BCUT2D eigenvalue weighted by Gasteiger charge is 2.17. The zero-order valence-corrected chi connectivity index (χ0v) is 18.8. The number of fused-ring (bicyclic) bond motifs is 1. The van der Waals surface area contributed by atoms with Crippen molar-refractivity contribution in [2.75, 3.05) is 13.1 Å². The lowest BCUT2D eigenvalue weighted by Crippen LogP contribution is -2.24. The smallest absolute Gasteiger partial charge is 0.0921 e. The molecule has 4 rings (SSSR count). The molecule has 4 aromatic rings. The summed E-state index contributed by atoms with van der Waals surface area (Å²) in [7, 11) is 0. The second-order valence-electron chi connectivity index (χ2n) is 7.63. The largest absolute Gasteiger partial charge is 0.387 e.